The molecule has 0 atom stereocenters. The number of halogens is 1. The third-order valence-electron chi connectivity index (χ3n) is 2.49. The number of hydrogen-bond acceptors (Lipinski definition) is 3. The van der Waals surface area contributed by atoms with Crippen molar-refractivity contribution in [3.8, 4) is 0 Å². The largest absolute Gasteiger partial charge is 0.390 e. The van der Waals surface area contributed by atoms with Crippen LogP contribution in [-0.4, -0.2) is 24.9 Å². The molecule has 0 saturated heterocycles. The van der Waals surface area contributed by atoms with Crippen LogP contribution in [0.25, 0.3) is 0 Å². The minimum Gasteiger partial charge on any atom is -0.390 e. The summed E-state index contributed by atoms with van der Waals surface area (Å²) in [4.78, 5) is 0.291. The summed E-state index contributed by atoms with van der Waals surface area (Å²) in [5.41, 5.74) is 0.0288. The van der Waals surface area contributed by atoms with E-state index in [-0.39, 0.29) is 12.2 Å². The van der Waals surface area contributed by atoms with E-state index in [1.807, 2.05) is 6.92 Å². The highest BCUT2D eigenvalue weighted by molar-refractivity contribution is 9.10. The molecular formula is C12H17BrO3S. The van der Waals surface area contributed by atoms with Crippen LogP contribution >= 0.6 is 15.9 Å². The Kier molecular flexibility index (Phi) is 4.38. The van der Waals surface area contributed by atoms with E-state index in [1.54, 1.807) is 32.0 Å². The summed E-state index contributed by atoms with van der Waals surface area (Å²) < 4.78 is 24.8. The molecule has 0 spiro atoms. The average Bonchev–Trinajstić information content (AvgIpc) is 2.18. The van der Waals surface area contributed by atoms with Gasteiger partial charge >= 0.3 is 0 Å². The molecule has 17 heavy (non-hydrogen) atoms. The smallest absolute Gasteiger partial charge is 0.178 e. The molecule has 0 aliphatic heterocycles. The quantitative estimate of drug-likeness (QED) is 0.928. The zero-order valence-corrected chi connectivity index (χ0v) is 12.6. The fraction of sp³-hybridized carbons (Fsp3) is 0.500. The lowest BCUT2D eigenvalue weighted by atomic mass is 10.1. The van der Waals surface area contributed by atoms with Gasteiger partial charge in [0.1, 0.15) is 0 Å². The lowest BCUT2D eigenvalue weighted by molar-refractivity contribution is 0.0772. The van der Waals surface area contributed by atoms with Gasteiger partial charge in [0.2, 0.25) is 0 Å². The van der Waals surface area contributed by atoms with Crippen LogP contribution in [0.4, 0.5) is 0 Å². The van der Waals surface area contributed by atoms with Crippen molar-refractivity contribution in [1.29, 1.82) is 0 Å². The van der Waals surface area contributed by atoms with Crippen molar-refractivity contribution in [1.82, 2.24) is 0 Å². The summed E-state index contributed by atoms with van der Waals surface area (Å²) in [5, 5.41) is 9.55. The zero-order chi connectivity index (χ0) is 13.3. The summed E-state index contributed by atoms with van der Waals surface area (Å²) in [5.74, 6) is -0.0496. The maximum atomic E-state index is 12.0. The van der Waals surface area contributed by atoms with E-state index in [2.05, 4.69) is 15.9 Å². The summed E-state index contributed by atoms with van der Waals surface area (Å²) in [6.07, 6.45) is 0.223. The molecule has 0 radical (unpaired) electrons. The molecule has 0 unspecified atom stereocenters. The van der Waals surface area contributed by atoms with Crippen molar-refractivity contribution >= 4 is 25.8 Å². The Bertz CT molecular complexity index is 501. The second-order valence-corrected chi connectivity index (χ2v) is 7.76. The SMILES string of the molecule is Cc1ccc(S(=O)(=O)CCC(C)(C)O)cc1Br. The molecule has 0 aromatic heterocycles. The zero-order valence-electron chi connectivity index (χ0n) is 10.2. The Balaban J connectivity index is 2.94. The van der Waals surface area contributed by atoms with E-state index in [1.165, 1.54) is 0 Å². The highest BCUT2D eigenvalue weighted by Gasteiger charge is 2.20. The van der Waals surface area contributed by atoms with Crippen molar-refractivity contribution in [2.45, 2.75) is 37.7 Å². The Morgan fingerprint density at radius 3 is 2.41 bits per heavy atom. The Morgan fingerprint density at radius 1 is 1.35 bits per heavy atom. The van der Waals surface area contributed by atoms with Crippen LogP contribution in [0.15, 0.2) is 27.6 Å². The Morgan fingerprint density at radius 2 is 1.94 bits per heavy atom. The maximum absolute atomic E-state index is 12.0. The summed E-state index contributed by atoms with van der Waals surface area (Å²) in [7, 11) is -3.32. The number of aryl methyl sites for hydroxylation is 1. The van der Waals surface area contributed by atoms with Crippen LogP contribution in [0.2, 0.25) is 0 Å². The van der Waals surface area contributed by atoms with Gasteiger partial charge in [0.05, 0.1) is 16.2 Å². The van der Waals surface area contributed by atoms with Crippen molar-refractivity contribution in [2.24, 2.45) is 0 Å². The minimum atomic E-state index is -3.32. The first-order valence-corrected chi connectivity index (χ1v) is 7.78. The fourth-order valence-corrected chi connectivity index (χ4v) is 3.38. The maximum Gasteiger partial charge on any atom is 0.178 e. The van der Waals surface area contributed by atoms with Crippen LogP contribution in [0.3, 0.4) is 0 Å². The number of rotatable bonds is 4. The van der Waals surface area contributed by atoms with Crippen molar-refractivity contribution in [3.05, 3.63) is 28.2 Å². The fourth-order valence-electron chi connectivity index (χ4n) is 1.27. The second-order valence-electron chi connectivity index (χ2n) is 4.79. The van der Waals surface area contributed by atoms with Crippen LogP contribution < -0.4 is 0 Å². The standard InChI is InChI=1S/C12H17BrO3S/c1-9-4-5-10(8-11(9)13)17(15,16)7-6-12(2,3)14/h4-5,8,14H,6-7H2,1-3H3. The van der Waals surface area contributed by atoms with Gasteiger partial charge in [0.15, 0.2) is 9.84 Å². The molecule has 1 rings (SSSR count). The van der Waals surface area contributed by atoms with Gasteiger partial charge < -0.3 is 5.11 Å². The molecule has 0 aliphatic carbocycles. The lowest BCUT2D eigenvalue weighted by Crippen LogP contribution is -2.23. The third-order valence-corrected chi connectivity index (χ3v) is 5.05. The second kappa shape index (κ2) is 5.08. The predicted molar refractivity (Wildman–Crippen MR) is 71.8 cm³/mol. The molecular weight excluding hydrogens is 304 g/mol. The van der Waals surface area contributed by atoms with E-state index < -0.39 is 15.4 Å². The molecule has 1 N–H and O–H groups in total. The highest BCUT2D eigenvalue weighted by atomic mass is 79.9. The Labute approximate surface area is 111 Å². The van der Waals surface area contributed by atoms with Crippen LogP contribution in [0, 0.1) is 6.92 Å². The van der Waals surface area contributed by atoms with Crippen molar-refractivity contribution in [3.63, 3.8) is 0 Å². The van der Waals surface area contributed by atoms with E-state index in [0.29, 0.717) is 4.90 Å². The van der Waals surface area contributed by atoms with Gasteiger partial charge in [0.25, 0.3) is 0 Å². The first-order chi connectivity index (χ1) is 7.62. The third kappa shape index (κ3) is 4.41. The minimum absolute atomic E-state index is 0.0496. The summed E-state index contributed by atoms with van der Waals surface area (Å²) in [6, 6.07) is 4.97. The number of sulfone groups is 1. The molecule has 1 aromatic rings. The van der Waals surface area contributed by atoms with Crippen LogP contribution in [-0.2, 0) is 9.84 Å². The number of benzene rings is 1. The van der Waals surface area contributed by atoms with Gasteiger partial charge in [-0.2, -0.15) is 0 Å². The first kappa shape index (κ1) is 14.7. The van der Waals surface area contributed by atoms with E-state index >= 15 is 0 Å². The van der Waals surface area contributed by atoms with Gasteiger partial charge in [-0.15, -0.1) is 0 Å². The van der Waals surface area contributed by atoms with Crippen molar-refractivity contribution in [2.75, 3.05) is 5.75 Å². The average molecular weight is 321 g/mol. The van der Waals surface area contributed by atoms with Crippen LogP contribution in [0.5, 0.6) is 0 Å². The van der Waals surface area contributed by atoms with E-state index in [4.69, 9.17) is 0 Å². The van der Waals surface area contributed by atoms with E-state index in [9.17, 15) is 13.5 Å². The lowest BCUT2D eigenvalue weighted by Gasteiger charge is -2.16. The molecule has 0 amide bonds. The first-order valence-electron chi connectivity index (χ1n) is 5.33. The summed E-state index contributed by atoms with van der Waals surface area (Å²) in [6.45, 7) is 5.11. The van der Waals surface area contributed by atoms with Gasteiger partial charge in [-0.1, -0.05) is 22.0 Å². The Hall–Kier alpha value is -0.390. The number of hydrogen-bond donors (Lipinski definition) is 1. The highest BCUT2D eigenvalue weighted by Crippen LogP contribution is 2.22. The van der Waals surface area contributed by atoms with Crippen LogP contribution in [0.1, 0.15) is 25.8 Å². The molecule has 1 aromatic carbocycles. The molecule has 0 saturated carbocycles. The molecule has 3 nitrogen and oxygen atoms in total. The molecule has 96 valence electrons. The monoisotopic (exact) mass is 320 g/mol. The van der Waals surface area contributed by atoms with Gasteiger partial charge in [0, 0.05) is 4.47 Å². The normalized spacial score (nSPS) is 12.8. The molecule has 5 heteroatoms. The predicted octanol–water partition coefficient (Wildman–Crippen LogP) is 2.69. The molecule has 0 fully saturated rings. The number of aliphatic hydroxyl groups is 1. The van der Waals surface area contributed by atoms with Gasteiger partial charge in [-0.25, -0.2) is 8.42 Å². The topological polar surface area (TPSA) is 54.4 Å². The van der Waals surface area contributed by atoms with Gasteiger partial charge in [-0.3, -0.25) is 0 Å². The molecule has 0 heterocycles. The van der Waals surface area contributed by atoms with Gasteiger partial charge in [-0.05, 0) is 44.9 Å². The summed E-state index contributed by atoms with van der Waals surface area (Å²) >= 11 is 3.32. The molecule has 0 aliphatic rings. The molecule has 0 bridgehead atoms. The van der Waals surface area contributed by atoms with Crippen molar-refractivity contribution < 1.29 is 13.5 Å². The van der Waals surface area contributed by atoms with E-state index in [0.717, 1.165) is 10.0 Å².